The van der Waals surface area contributed by atoms with E-state index in [2.05, 4.69) is 0 Å². The predicted octanol–water partition coefficient (Wildman–Crippen LogP) is 0.888. The molecular weight excluding hydrogens is 132 g/mol. The number of carboxylic acid groups (broad SMARTS) is 1. The van der Waals surface area contributed by atoms with E-state index in [1.807, 2.05) is 0 Å². The fourth-order valence-electron chi connectivity index (χ4n) is 1.10. The first kappa shape index (κ1) is 7.54. The summed E-state index contributed by atoms with van der Waals surface area (Å²) in [5.74, 6) is -0.743. The largest absolute Gasteiger partial charge is 0.481 e. The van der Waals surface area contributed by atoms with Gasteiger partial charge >= 0.3 is 5.97 Å². The number of hydrogen-bond donors (Lipinski definition) is 1. The molecule has 0 radical (unpaired) electrons. The van der Waals surface area contributed by atoms with Gasteiger partial charge in [0.05, 0.1) is 12.0 Å². The van der Waals surface area contributed by atoms with Gasteiger partial charge in [-0.3, -0.25) is 4.79 Å². The van der Waals surface area contributed by atoms with E-state index in [4.69, 9.17) is 9.84 Å². The van der Waals surface area contributed by atoms with Crippen LogP contribution >= 0.6 is 0 Å². The van der Waals surface area contributed by atoms with E-state index in [9.17, 15) is 4.79 Å². The summed E-state index contributed by atoms with van der Waals surface area (Å²) < 4.78 is 5.07. The predicted molar refractivity (Wildman–Crippen MR) is 35.8 cm³/mol. The van der Waals surface area contributed by atoms with Crippen molar-refractivity contribution in [3.05, 3.63) is 0 Å². The van der Waals surface area contributed by atoms with Crippen LogP contribution in [0.25, 0.3) is 0 Å². The third kappa shape index (κ3) is 1.29. The van der Waals surface area contributed by atoms with Crippen LogP contribution in [0.4, 0.5) is 0 Å². The van der Waals surface area contributed by atoms with Crippen molar-refractivity contribution < 1.29 is 14.6 Å². The Labute approximate surface area is 60.0 Å². The summed E-state index contributed by atoms with van der Waals surface area (Å²) in [5, 5.41) is 8.72. The van der Waals surface area contributed by atoms with Gasteiger partial charge in [-0.05, 0) is 19.8 Å². The van der Waals surface area contributed by atoms with Crippen LogP contribution in [0.5, 0.6) is 0 Å². The maximum atomic E-state index is 10.6. The van der Waals surface area contributed by atoms with Crippen molar-refractivity contribution in [1.82, 2.24) is 0 Å². The summed E-state index contributed by atoms with van der Waals surface area (Å²) in [5.41, 5.74) is -0.627. The molecule has 0 saturated carbocycles. The van der Waals surface area contributed by atoms with Crippen molar-refractivity contribution in [2.75, 3.05) is 13.2 Å². The van der Waals surface area contributed by atoms with Gasteiger partial charge in [-0.25, -0.2) is 0 Å². The van der Waals surface area contributed by atoms with E-state index < -0.39 is 11.4 Å². The maximum absolute atomic E-state index is 10.6. The molecule has 0 aliphatic carbocycles. The zero-order valence-electron chi connectivity index (χ0n) is 6.09. The number of ether oxygens (including phenoxy) is 1. The van der Waals surface area contributed by atoms with Gasteiger partial charge in [0.2, 0.25) is 0 Å². The first-order valence-electron chi connectivity index (χ1n) is 3.46. The zero-order valence-corrected chi connectivity index (χ0v) is 6.09. The molecule has 1 aliphatic rings. The van der Waals surface area contributed by atoms with E-state index in [0.29, 0.717) is 13.2 Å². The van der Waals surface area contributed by atoms with Crippen LogP contribution in [-0.2, 0) is 9.53 Å². The van der Waals surface area contributed by atoms with E-state index >= 15 is 0 Å². The number of aliphatic carboxylic acids is 1. The number of carbonyl (C=O) groups is 1. The molecule has 3 nitrogen and oxygen atoms in total. The van der Waals surface area contributed by atoms with E-state index in [-0.39, 0.29) is 0 Å². The van der Waals surface area contributed by atoms with Crippen molar-refractivity contribution in [2.45, 2.75) is 19.8 Å². The summed E-state index contributed by atoms with van der Waals surface area (Å²) in [6.07, 6.45) is 1.60. The van der Waals surface area contributed by atoms with Crippen LogP contribution in [0.1, 0.15) is 19.8 Å². The molecule has 0 aromatic carbocycles. The molecule has 0 unspecified atom stereocenters. The smallest absolute Gasteiger partial charge is 0.311 e. The van der Waals surface area contributed by atoms with Gasteiger partial charge in [0.15, 0.2) is 0 Å². The van der Waals surface area contributed by atoms with E-state index in [0.717, 1.165) is 12.8 Å². The fraction of sp³-hybridized carbons (Fsp3) is 0.857. The van der Waals surface area contributed by atoms with Crippen LogP contribution in [0.15, 0.2) is 0 Å². The minimum absolute atomic E-state index is 0.363. The highest BCUT2D eigenvalue weighted by atomic mass is 16.5. The van der Waals surface area contributed by atoms with Gasteiger partial charge in [0.25, 0.3) is 0 Å². The van der Waals surface area contributed by atoms with Gasteiger partial charge in [0.1, 0.15) is 0 Å². The first-order valence-corrected chi connectivity index (χ1v) is 3.46. The third-order valence-corrected chi connectivity index (χ3v) is 1.95. The Kier molecular flexibility index (Phi) is 1.94. The Bertz CT molecular complexity index is 136. The normalized spacial score (nSPS) is 33.7. The highest BCUT2D eigenvalue weighted by molar-refractivity contribution is 5.74. The summed E-state index contributed by atoms with van der Waals surface area (Å²) in [6, 6.07) is 0. The number of carboxylic acids is 1. The minimum atomic E-state index is -0.743. The molecule has 1 saturated heterocycles. The van der Waals surface area contributed by atoms with Crippen molar-refractivity contribution >= 4 is 5.97 Å². The van der Waals surface area contributed by atoms with E-state index in [1.165, 1.54) is 0 Å². The average Bonchev–Trinajstić information content (AvgIpc) is 1.89. The second-order valence-corrected chi connectivity index (χ2v) is 3.02. The van der Waals surface area contributed by atoms with Crippen molar-refractivity contribution in [3.8, 4) is 0 Å². The fourth-order valence-corrected chi connectivity index (χ4v) is 1.10. The molecule has 1 atom stereocenters. The van der Waals surface area contributed by atoms with Crippen LogP contribution in [0.2, 0.25) is 0 Å². The molecule has 0 amide bonds. The Morgan fingerprint density at radius 1 is 1.70 bits per heavy atom. The first-order chi connectivity index (χ1) is 4.65. The van der Waals surface area contributed by atoms with Crippen LogP contribution in [0, 0.1) is 5.41 Å². The molecule has 0 aromatic rings. The van der Waals surface area contributed by atoms with Gasteiger partial charge < -0.3 is 9.84 Å². The standard InChI is InChI=1S/C7H12O3/c1-7(6(8)9)3-2-4-10-5-7/h2-5H2,1H3,(H,8,9)/t7-/m0/s1. The molecular formula is C7H12O3. The number of rotatable bonds is 1. The topological polar surface area (TPSA) is 46.5 Å². The molecule has 1 fully saturated rings. The van der Waals surface area contributed by atoms with Gasteiger partial charge in [-0.1, -0.05) is 0 Å². The van der Waals surface area contributed by atoms with Crippen molar-refractivity contribution in [2.24, 2.45) is 5.41 Å². The molecule has 0 aromatic heterocycles. The quantitative estimate of drug-likeness (QED) is 0.594. The maximum Gasteiger partial charge on any atom is 0.311 e. The zero-order chi connectivity index (χ0) is 7.61. The molecule has 1 heterocycles. The average molecular weight is 144 g/mol. The number of hydrogen-bond acceptors (Lipinski definition) is 2. The van der Waals surface area contributed by atoms with Gasteiger partial charge in [0, 0.05) is 6.61 Å². The molecule has 1 rings (SSSR count). The summed E-state index contributed by atoms with van der Waals surface area (Å²) in [4.78, 5) is 10.6. The lowest BCUT2D eigenvalue weighted by molar-refractivity contribution is -0.155. The second kappa shape index (κ2) is 2.58. The van der Waals surface area contributed by atoms with Crippen LogP contribution in [0.3, 0.4) is 0 Å². The molecule has 10 heavy (non-hydrogen) atoms. The lowest BCUT2D eigenvalue weighted by atomic mass is 9.85. The van der Waals surface area contributed by atoms with E-state index in [1.54, 1.807) is 6.92 Å². The van der Waals surface area contributed by atoms with Gasteiger partial charge in [-0.15, -0.1) is 0 Å². The SMILES string of the molecule is C[C@]1(C(=O)O)CCCOC1. The Morgan fingerprint density at radius 3 is 2.70 bits per heavy atom. The van der Waals surface area contributed by atoms with Crippen LogP contribution < -0.4 is 0 Å². The molecule has 58 valence electrons. The summed E-state index contributed by atoms with van der Waals surface area (Å²) in [6.45, 7) is 2.81. The third-order valence-electron chi connectivity index (χ3n) is 1.95. The molecule has 0 spiro atoms. The lowest BCUT2D eigenvalue weighted by Crippen LogP contribution is -2.36. The Balaban J connectivity index is 2.56. The minimum Gasteiger partial charge on any atom is -0.481 e. The van der Waals surface area contributed by atoms with Crippen molar-refractivity contribution in [1.29, 1.82) is 0 Å². The second-order valence-electron chi connectivity index (χ2n) is 3.02. The molecule has 1 N–H and O–H groups in total. The van der Waals surface area contributed by atoms with Crippen molar-refractivity contribution in [3.63, 3.8) is 0 Å². The lowest BCUT2D eigenvalue weighted by Gasteiger charge is -2.28. The Morgan fingerprint density at radius 2 is 2.40 bits per heavy atom. The highest BCUT2D eigenvalue weighted by Crippen LogP contribution is 2.27. The molecule has 3 heteroatoms. The van der Waals surface area contributed by atoms with Crippen LogP contribution in [-0.4, -0.2) is 24.3 Å². The van der Waals surface area contributed by atoms with Gasteiger partial charge in [-0.2, -0.15) is 0 Å². The highest BCUT2D eigenvalue weighted by Gasteiger charge is 2.35. The Hall–Kier alpha value is -0.570. The molecule has 0 bridgehead atoms. The summed E-state index contributed by atoms with van der Waals surface area (Å²) >= 11 is 0. The molecule has 1 aliphatic heterocycles. The monoisotopic (exact) mass is 144 g/mol. The summed E-state index contributed by atoms with van der Waals surface area (Å²) in [7, 11) is 0.